The Bertz CT molecular complexity index is 1040. The number of nitrogens with zero attached hydrogens (tertiary/aromatic N) is 1. The second-order valence-electron chi connectivity index (χ2n) is 8.50. The van der Waals surface area contributed by atoms with E-state index < -0.39 is 6.10 Å². The van der Waals surface area contributed by atoms with E-state index >= 15 is 0 Å². The van der Waals surface area contributed by atoms with Crippen LogP contribution in [0.5, 0.6) is 11.5 Å². The molecule has 1 saturated heterocycles. The van der Waals surface area contributed by atoms with Gasteiger partial charge < -0.3 is 24.5 Å². The van der Waals surface area contributed by atoms with Crippen LogP contribution in [0.15, 0.2) is 48.7 Å². The molecule has 1 aliphatic rings. The summed E-state index contributed by atoms with van der Waals surface area (Å²) >= 11 is 0. The molecule has 0 bridgehead atoms. The lowest BCUT2D eigenvalue weighted by Gasteiger charge is -2.33. The van der Waals surface area contributed by atoms with Crippen LogP contribution in [-0.2, 0) is 0 Å². The molecule has 0 aliphatic carbocycles. The van der Waals surface area contributed by atoms with Crippen molar-refractivity contribution in [3.8, 4) is 11.5 Å². The summed E-state index contributed by atoms with van der Waals surface area (Å²) < 4.78 is 11.1. The minimum Gasteiger partial charge on any atom is -0.497 e. The van der Waals surface area contributed by atoms with Gasteiger partial charge in [0, 0.05) is 35.6 Å². The van der Waals surface area contributed by atoms with Crippen LogP contribution in [-0.4, -0.2) is 60.2 Å². The number of hydrogen-bond acceptors (Lipinski definition) is 5. The highest BCUT2D eigenvalue weighted by atomic mass is 16.5. The van der Waals surface area contributed by atoms with Crippen molar-refractivity contribution in [2.75, 3.05) is 33.4 Å². The Kier molecular flexibility index (Phi) is 7.12. The lowest BCUT2D eigenvalue weighted by molar-refractivity contribution is 0.0595. The van der Waals surface area contributed by atoms with Crippen molar-refractivity contribution < 1.29 is 19.4 Å². The average Bonchev–Trinajstić information content (AvgIpc) is 3.26. The smallest absolute Gasteiger partial charge is 0.162 e. The Morgan fingerprint density at radius 3 is 2.56 bits per heavy atom. The predicted octanol–water partition coefficient (Wildman–Crippen LogP) is 4.39. The molecule has 6 nitrogen and oxygen atoms in total. The molecular formula is C26H32N2O4. The SMILES string of the molecule is CCC(=O)c1ccc(OCC(O)CN2CCC(c3c[nH]c4ccc(OC)cc34)CC2)cc1. The van der Waals surface area contributed by atoms with E-state index in [1.54, 1.807) is 31.4 Å². The quantitative estimate of drug-likeness (QED) is 0.487. The molecule has 32 heavy (non-hydrogen) atoms. The molecule has 1 atom stereocenters. The van der Waals surface area contributed by atoms with E-state index in [9.17, 15) is 9.90 Å². The third-order valence-corrected chi connectivity index (χ3v) is 6.36. The number of hydrogen-bond donors (Lipinski definition) is 2. The lowest BCUT2D eigenvalue weighted by atomic mass is 9.89. The molecule has 0 spiro atoms. The molecule has 4 rings (SSSR count). The highest BCUT2D eigenvalue weighted by molar-refractivity contribution is 5.95. The molecule has 6 heteroatoms. The molecule has 2 heterocycles. The normalized spacial score (nSPS) is 16.2. The van der Waals surface area contributed by atoms with Gasteiger partial charge in [0.15, 0.2) is 5.78 Å². The van der Waals surface area contributed by atoms with Gasteiger partial charge in [-0.05, 0) is 79.9 Å². The first-order chi connectivity index (χ1) is 15.6. The van der Waals surface area contributed by atoms with Crippen LogP contribution < -0.4 is 9.47 Å². The molecule has 0 radical (unpaired) electrons. The van der Waals surface area contributed by atoms with Crippen molar-refractivity contribution in [3.05, 3.63) is 59.8 Å². The molecule has 1 aromatic heterocycles. The van der Waals surface area contributed by atoms with Gasteiger partial charge in [-0.15, -0.1) is 0 Å². The Labute approximate surface area is 189 Å². The fourth-order valence-electron chi connectivity index (χ4n) is 4.50. The number of carbonyl (C=O) groups excluding carboxylic acids is 1. The number of aliphatic hydroxyl groups is 1. The molecular weight excluding hydrogens is 404 g/mol. The molecule has 1 aliphatic heterocycles. The molecule has 3 aromatic rings. The Morgan fingerprint density at radius 1 is 1.16 bits per heavy atom. The summed E-state index contributed by atoms with van der Waals surface area (Å²) in [5.41, 5.74) is 3.19. The van der Waals surface area contributed by atoms with E-state index in [4.69, 9.17) is 9.47 Å². The summed E-state index contributed by atoms with van der Waals surface area (Å²) in [5.74, 6) is 2.17. The predicted molar refractivity (Wildman–Crippen MR) is 126 cm³/mol. The summed E-state index contributed by atoms with van der Waals surface area (Å²) in [6.45, 7) is 4.59. The average molecular weight is 437 g/mol. The zero-order valence-electron chi connectivity index (χ0n) is 18.8. The monoisotopic (exact) mass is 436 g/mol. The van der Waals surface area contributed by atoms with Gasteiger partial charge in [-0.25, -0.2) is 0 Å². The number of β-amino-alcohol motifs (C(OH)–C–C–N with tert-alkyl or cyclic N) is 1. The summed E-state index contributed by atoms with van der Waals surface area (Å²) in [4.78, 5) is 17.4. The number of carbonyl (C=O) groups is 1. The van der Waals surface area contributed by atoms with Gasteiger partial charge >= 0.3 is 0 Å². The number of methoxy groups -OCH3 is 1. The minimum atomic E-state index is -0.555. The maximum atomic E-state index is 11.7. The largest absolute Gasteiger partial charge is 0.497 e. The van der Waals surface area contributed by atoms with E-state index in [-0.39, 0.29) is 12.4 Å². The Morgan fingerprint density at radius 2 is 1.88 bits per heavy atom. The second kappa shape index (κ2) is 10.2. The summed E-state index contributed by atoms with van der Waals surface area (Å²) in [5, 5.41) is 11.7. The molecule has 2 N–H and O–H groups in total. The van der Waals surface area contributed by atoms with Crippen LogP contribution in [0.2, 0.25) is 0 Å². The fraction of sp³-hybridized carbons (Fsp3) is 0.423. The zero-order valence-corrected chi connectivity index (χ0v) is 18.8. The number of rotatable bonds is 9. The van der Waals surface area contributed by atoms with Gasteiger partial charge in [0.05, 0.1) is 7.11 Å². The maximum Gasteiger partial charge on any atom is 0.162 e. The Hall–Kier alpha value is -2.83. The van der Waals surface area contributed by atoms with E-state index in [0.717, 1.165) is 37.2 Å². The third kappa shape index (κ3) is 5.14. The molecule has 1 unspecified atom stereocenters. The first-order valence-electron chi connectivity index (χ1n) is 11.4. The van der Waals surface area contributed by atoms with E-state index in [1.807, 2.05) is 13.0 Å². The van der Waals surface area contributed by atoms with Gasteiger partial charge in [0.25, 0.3) is 0 Å². The fourth-order valence-corrected chi connectivity index (χ4v) is 4.50. The lowest BCUT2D eigenvalue weighted by Crippen LogP contribution is -2.40. The van der Waals surface area contributed by atoms with Crippen molar-refractivity contribution in [2.24, 2.45) is 0 Å². The number of likely N-dealkylation sites (tertiary alicyclic amines) is 1. The number of piperidine rings is 1. The van der Waals surface area contributed by atoms with Crippen molar-refractivity contribution in [2.45, 2.75) is 38.2 Å². The summed E-state index contributed by atoms with van der Waals surface area (Å²) in [6, 6.07) is 13.3. The Balaban J connectivity index is 1.25. The van der Waals surface area contributed by atoms with Crippen LogP contribution in [0.25, 0.3) is 10.9 Å². The van der Waals surface area contributed by atoms with E-state index in [0.29, 0.717) is 30.2 Å². The molecule has 1 fully saturated rings. The van der Waals surface area contributed by atoms with Crippen LogP contribution >= 0.6 is 0 Å². The van der Waals surface area contributed by atoms with Crippen molar-refractivity contribution in [1.29, 1.82) is 0 Å². The summed E-state index contributed by atoms with van der Waals surface area (Å²) in [6.07, 6.45) is 4.19. The topological polar surface area (TPSA) is 74.8 Å². The number of fused-ring (bicyclic) bond motifs is 1. The van der Waals surface area contributed by atoms with Crippen LogP contribution in [0, 0.1) is 0 Å². The number of nitrogens with one attached hydrogen (secondary N) is 1. The van der Waals surface area contributed by atoms with Crippen molar-refractivity contribution >= 4 is 16.7 Å². The zero-order chi connectivity index (χ0) is 22.5. The van der Waals surface area contributed by atoms with Gasteiger partial charge in [-0.3, -0.25) is 4.79 Å². The van der Waals surface area contributed by atoms with E-state index in [1.165, 1.54) is 10.9 Å². The number of benzene rings is 2. The number of ether oxygens (including phenoxy) is 2. The minimum absolute atomic E-state index is 0.117. The highest BCUT2D eigenvalue weighted by Gasteiger charge is 2.24. The summed E-state index contributed by atoms with van der Waals surface area (Å²) in [7, 11) is 1.70. The number of aromatic amines is 1. The first kappa shape index (κ1) is 22.4. The van der Waals surface area contributed by atoms with Crippen LogP contribution in [0.3, 0.4) is 0 Å². The molecule has 2 aromatic carbocycles. The number of Topliss-reactive ketones (excluding diaryl/α,β-unsaturated/α-hetero) is 1. The van der Waals surface area contributed by atoms with Gasteiger partial charge in [0.2, 0.25) is 0 Å². The number of H-pyrrole nitrogens is 1. The number of aliphatic hydroxyl groups excluding tert-OH is 1. The molecule has 170 valence electrons. The number of ketones is 1. The first-order valence-corrected chi connectivity index (χ1v) is 11.4. The van der Waals surface area contributed by atoms with Gasteiger partial charge in [-0.1, -0.05) is 6.92 Å². The van der Waals surface area contributed by atoms with Crippen LogP contribution in [0.4, 0.5) is 0 Å². The third-order valence-electron chi connectivity index (χ3n) is 6.36. The van der Waals surface area contributed by atoms with Crippen molar-refractivity contribution in [1.82, 2.24) is 9.88 Å². The van der Waals surface area contributed by atoms with Crippen LogP contribution in [0.1, 0.15) is 48.0 Å². The molecule has 0 amide bonds. The highest BCUT2D eigenvalue weighted by Crippen LogP contribution is 2.34. The van der Waals surface area contributed by atoms with Crippen molar-refractivity contribution in [3.63, 3.8) is 0 Å². The molecule has 0 saturated carbocycles. The number of aromatic nitrogens is 1. The second-order valence-corrected chi connectivity index (χ2v) is 8.50. The van der Waals surface area contributed by atoms with Gasteiger partial charge in [-0.2, -0.15) is 0 Å². The van der Waals surface area contributed by atoms with Gasteiger partial charge in [0.1, 0.15) is 24.2 Å². The standard InChI is InChI=1S/C26H32N2O4/c1-3-26(30)19-4-6-21(7-5-19)32-17-20(29)16-28-12-10-18(11-13-28)24-15-27-25-9-8-22(31-2)14-23(24)25/h4-9,14-15,18,20,27,29H,3,10-13,16-17H2,1-2H3. The maximum absolute atomic E-state index is 11.7. The van der Waals surface area contributed by atoms with E-state index in [2.05, 4.69) is 28.2 Å².